The third kappa shape index (κ3) is 5.12. The summed E-state index contributed by atoms with van der Waals surface area (Å²) >= 11 is 5.27. The molecule has 1 saturated carbocycles. The summed E-state index contributed by atoms with van der Waals surface area (Å²) in [5, 5.41) is 7.37. The summed E-state index contributed by atoms with van der Waals surface area (Å²) in [4.78, 5) is 0. The molecule has 1 aliphatic rings. The van der Waals surface area contributed by atoms with E-state index in [2.05, 4.69) is 17.6 Å². The van der Waals surface area contributed by atoms with Gasteiger partial charge in [0, 0.05) is 19.7 Å². The number of methoxy groups -OCH3 is 1. The molecule has 0 bridgehead atoms. The second kappa shape index (κ2) is 7.85. The number of rotatable bonds is 4. The topological polar surface area (TPSA) is 33.3 Å². The van der Waals surface area contributed by atoms with Crippen molar-refractivity contribution in [3.05, 3.63) is 0 Å². The quantitative estimate of drug-likeness (QED) is 0.450. The molecule has 0 aliphatic heterocycles. The van der Waals surface area contributed by atoms with Gasteiger partial charge in [0.2, 0.25) is 0 Å². The van der Waals surface area contributed by atoms with Gasteiger partial charge < -0.3 is 15.4 Å². The highest BCUT2D eigenvalue weighted by Crippen LogP contribution is 2.22. The maximum atomic E-state index is 5.27. The van der Waals surface area contributed by atoms with E-state index in [0.717, 1.165) is 17.6 Å². The molecule has 1 aliphatic carbocycles. The molecular formula is C12H24N2OS. The third-order valence-electron chi connectivity index (χ3n) is 3.27. The largest absolute Gasteiger partial charge is 0.383 e. The molecule has 2 N–H and O–H groups in total. The van der Waals surface area contributed by atoms with E-state index in [0.29, 0.717) is 12.6 Å². The van der Waals surface area contributed by atoms with E-state index < -0.39 is 0 Å². The number of nitrogens with one attached hydrogen (secondary N) is 2. The second-order valence-corrected chi connectivity index (χ2v) is 5.02. The van der Waals surface area contributed by atoms with Gasteiger partial charge >= 0.3 is 0 Å². The summed E-state index contributed by atoms with van der Waals surface area (Å²) in [5.74, 6) is 0.727. The Hall–Kier alpha value is -0.350. The normalized spacial score (nSPS) is 25.9. The first kappa shape index (κ1) is 13.7. The maximum absolute atomic E-state index is 5.27. The minimum atomic E-state index is 0.546. The summed E-state index contributed by atoms with van der Waals surface area (Å²) in [6.07, 6.45) is 6.61. The van der Waals surface area contributed by atoms with Gasteiger partial charge in [-0.3, -0.25) is 0 Å². The van der Waals surface area contributed by atoms with Crippen molar-refractivity contribution >= 4 is 17.3 Å². The van der Waals surface area contributed by atoms with Crippen LogP contribution in [0.15, 0.2) is 0 Å². The van der Waals surface area contributed by atoms with E-state index in [1.165, 1.54) is 32.1 Å². The van der Waals surface area contributed by atoms with Crippen LogP contribution in [-0.2, 0) is 4.74 Å². The SMILES string of the molecule is COCCNC(=S)NC1CCCCCC1C. The van der Waals surface area contributed by atoms with Crippen molar-refractivity contribution in [2.75, 3.05) is 20.3 Å². The van der Waals surface area contributed by atoms with Crippen LogP contribution in [0.25, 0.3) is 0 Å². The van der Waals surface area contributed by atoms with Crippen molar-refractivity contribution in [3.8, 4) is 0 Å². The van der Waals surface area contributed by atoms with E-state index in [1.54, 1.807) is 7.11 Å². The van der Waals surface area contributed by atoms with Crippen LogP contribution in [0.2, 0.25) is 0 Å². The van der Waals surface area contributed by atoms with Gasteiger partial charge in [-0.1, -0.05) is 26.2 Å². The molecule has 2 atom stereocenters. The fraction of sp³-hybridized carbons (Fsp3) is 0.917. The zero-order chi connectivity index (χ0) is 11.8. The van der Waals surface area contributed by atoms with Gasteiger partial charge in [0.15, 0.2) is 5.11 Å². The maximum Gasteiger partial charge on any atom is 0.166 e. The van der Waals surface area contributed by atoms with Gasteiger partial charge in [-0.2, -0.15) is 0 Å². The Kier molecular flexibility index (Phi) is 6.73. The van der Waals surface area contributed by atoms with E-state index in [-0.39, 0.29) is 0 Å². The Morgan fingerprint density at radius 2 is 2.06 bits per heavy atom. The lowest BCUT2D eigenvalue weighted by Gasteiger charge is -2.24. The third-order valence-corrected chi connectivity index (χ3v) is 3.53. The zero-order valence-corrected chi connectivity index (χ0v) is 11.2. The molecule has 16 heavy (non-hydrogen) atoms. The van der Waals surface area contributed by atoms with Gasteiger partial charge in [-0.15, -0.1) is 0 Å². The monoisotopic (exact) mass is 244 g/mol. The van der Waals surface area contributed by atoms with Crippen LogP contribution in [0.1, 0.15) is 39.0 Å². The van der Waals surface area contributed by atoms with Crippen molar-refractivity contribution in [3.63, 3.8) is 0 Å². The van der Waals surface area contributed by atoms with E-state index in [4.69, 9.17) is 17.0 Å². The molecule has 1 rings (SSSR count). The summed E-state index contributed by atoms with van der Waals surface area (Å²) in [7, 11) is 1.70. The van der Waals surface area contributed by atoms with E-state index >= 15 is 0 Å². The summed E-state index contributed by atoms with van der Waals surface area (Å²) in [6.45, 7) is 3.80. The molecule has 0 spiro atoms. The standard InChI is InChI=1S/C12H24N2OS/c1-10-6-4-3-5-7-11(10)14-12(16)13-8-9-15-2/h10-11H,3-9H2,1-2H3,(H2,13,14,16). The minimum Gasteiger partial charge on any atom is -0.383 e. The number of thiocarbonyl (C=S) groups is 1. The van der Waals surface area contributed by atoms with Crippen LogP contribution in [0, 0.1) is 5.92 Å². The Labute approximate surface area is 104 Å². The number of ether oxygens (including phenoxy) is 1. The second-order valence-electron chi connectivity index (χ2n) is 4.61. The highest BCUT2D eigenvalue weighted by molar-refractivity contribution is 7.80. The molecule has 3 nitrogen and oxygen atoms in total. The Bertz CT molecular complexity index is 211. The highest BCUT2D eigenvalue weighted by Gasteiger charge is 2.20. The average molecular weight is 244 g/mol. The van der Waals surface area contributed by atoms with Crippen LogP contribution in [-0.4, -0.2) is 31.4 Å². The fourth-order valence-corrected chi connectivity index (χ4v) is 2.45. The Morgan fingerprint density at radius 1 is 1.31 bits per heavy atom. The lowest BCUT2D eigenvalue weighted by Crippen LogP contribution is -2.45. The molecule has 4 heteroatoms. The van der Waals surface area contributed by atoms with Gasteiger partial charge in [-0.25, -0.2) is 0 Å². The minimum absolute atomic E-state index is 0.546. The van der Waals surface area contributed by atoms with Crippen molar-refractivity contribution in [1.29, 1.82) is 0 Å². The summed E-state index contributed by atoms with van der Waals surface area (Å²) in [5.41, 5.74) is 0. The molecule has 1 fully saturated rings. The van der Waals surface area contributed by atoms with Crippen molar-refractivity contribution in [2.45, 2.75) is 45.1 Å². The van der Waals surface area contributed by atoms with Crippen molar-refractivity contribution < 1.29 is 4.74 Å². The zero-order valence-electron chi connectivity index (χ0n) is 10.4. The van der Waals surface area contributed by atoms with Crippen molar-refractivity contribution in [2.24, 2.45) is 5.92 Å². The summed E-state index contributed by atoms with van der Waals surface area (Å²) in [6, 6.07) is 0.546. The van der Waals surface area contributed by atoms with Gasteiger partial charge in [0.25, 0.3) is 0 Å². The predicted molar refractivity (Wildman–Crippen MR) is 71.6 cm³/mol. The van der Waals surface area contributed by atoms with Crippen molar-refractivity contribution in [1.82, 2.24) is 10.6 Å². The smallest absolute Gasteiger partial charge is 0.166 e. The molecule has 94 valence electrons. The lowest BCUT2D eigenvalue weighted by atomic mass is 9.97. The van der Waals surface area contributed by atoms with Crippen LogP contribution in [0.4, 0.5) is 0 Å². The molecule has 0 heterocycles. The number of hydrogen-bond acceptors (Lipinski definition) is 2. The van der Waals surface area contributed by atoms with Gasteiger partial charge in [0.1, 0.15) is 0 Å². The van der Waals surface area contributed by atoms with Crippen LogP contribution in [0.5, 0.6) is 0 Å². The molecule has 2 unspecified atom stereocenters. The van der Waals surface area contributed by atoms with Gasteiger partial charge in [-0.05, 0) is 31.0 Å². The lowest BCUT2D eigenvalue weighted by molar-refractivity contribution is 0.203. The van der Waals surface area contributed by atoms with Crippen LogP contribution >= 0.6 is 12.2 Å². The first-order valence-electron chi connectivity index (χ1n) is 6.27. The molecule has 0 amide bonds. The molecular weight excluding hydrogens is 220 g/mol. The van der Waals surface area contributed by atoms with Crippen LogP contribution < -0.4 is 10.6 Å². The number of hydrogen-bond donors (Lipinski definition) is 2. The van der Waals surface area contributed by atoms with Crippen LogP contribution in [0.3, 0.4) is 0 Å². The highest BCUT2D eigenvalue weighted by atomic mass is 32.1. The Morgan fingerprint density at radius 3 is 2.81 bits per heavy atom. The average Bonchev–Trinajstić information content (AvgIpc) is 2.45. The Balaban J connectivity index is 2.25. The molecule has 0 radical (unpaired) electrons. The molecule has 0 saturated heterocycles. The fourth-order valence-electron chi connectivity index (χ4n) is 2.19. The predicted octanol–water partition coefficient (Wildman–Crippen LogP) is 2.07. The van der Waals surface area contributed by atoms with Gasteiger partial charge in [0.05, 0.1) is 6.61 Å². The molecule has 0 aromatic heterocycles. The summed E-state index contributed by atoms with van der Waals surface area (Å²) < 4.78 is 4.97. The first-order valence-corrected chi connectivity index (χ1v) is 6.68. The van der Waals surface area contributed by atoms with E-state index in [9.17, 15) is 0 Å². The van der Waals surface area contributed by atoms with E-state index in [1.807, 2.05) is 0 Å². The molecule has 0 aromatic carbocycles. The molecule has 0 aromatic rings. The first-order chi connectivity index (χ1) is 7.74.